The highest BCUT2D eigenvalue weighted by Gasteiger charge is 2.21. The number of nitrogens with one attached hydrogen (secondary N) is 1. The standard InChI is InChI=1S/C21H23NO5S/c1-4-26-19-12-16-10-14(2)27-20(16)11-15(19)8-9-21(23)22-17-6-5-7-18(13-17)28(3,24)25/h5-9,11-14H,4,10H2,1-3H3,(H,22,23)/b9-8+/t14-/m1/s1. The SMILES string of the molecule is CCOc1cc2c(cc1/C=C/C(=O)Nc1cccc(S(C)(=O)=O)c1)O[C@H](C)C2. The van der Waals surface area contributed by atoms with E-state index in [2.05, 4.69) is 5.32 Å². The van der Waals surface area contributed by atoms with Gasteiger partial charge in [-0.05, 0) is 50.3 Å². The third-order valence-corrected chi connectivity index (χ3v) is 5.38. The van der Waals surface area contributed by atoms with E-state index in [1.54, 1.807) is 18.2 Å². The van der Waals surface area contributed by atoms with E-state index in [9.17, 15) is 13.2 Å². The van der Waals surface area contributed by atoms with Gasteiger partial charge in [0.25, 0.3) is 0 Å². The zero-order valence-corrected chi connectivity index (χ0v) is 16.9. The molecule has 2 aromatic carbocycles. The fourth-order valence-corrected chi connectivity index (χ4v) is 3.69. The fourth-order valence-electron chi connectivity index (χ4n) is 3.02. The summed E-state index contributed by atoms with van der Waals surface area (Å²) in [6.45, 7) is 4.43. The molecule has 1 aliphatic rings. The van der Waals surface area contributed by atoms with Crippen LogP contribution in [0.25, 0.3) is 6.08 Å². The maximum atomic E-state index is 12.3. The molecule has 6 nitrogen and oxygen atoms in total. The van der Waals surface area contributed by atoms with Gasteiger partial charge in [0.1, 0.15) is 17.6 Å². The Bertz CT molecular complexity index is 1030. The first kappa shape index (κ1) is 19.9. The first-order valence-corrected chi connectivity index (χ1v) is 10.9. The Labute approximate surface area is 165 Å². The van der Waals surface area contributed by atoms with Crippen LogP contribution in [0, 0.1) is 0 Å². The first-order chi connectivity index (χ1) is 13.3. The van der Waals surface area contributed by atoms with Crippen LogP contribution in [0.3, 0.4) is 0 Å². The summed E-state index contributed by atoms with van der Waals surface area (Å²) in [5.41, 5.74) is 2.25. The van der Waals surface area contributed by atoms with Crippen LogP contribution in [-0.2, 0) is 21.1 Å². The van der Waals surface area contributed by atoms with Crippen LogP contribution >= 0.6 is 0 Å². The van der Waals surface area contributed by atoms with E-state index < -0.39 is 9.84 Å². The van der Waals surface area contributed by atoms with E-state index in [1.807, 2.05) is 26.0 Å². The van der Waals surface area contributed by atoms with Gasteiger partial charge >= 0.3 is 0 Å². The van der Waals surface area contributed by atoms with Crippen molar-refractivity contribution in [2.75, 3.05) is 18.2 Å². The quantitative estimate of drug-likeness (QED) is 0.750. The van der Waals surface area contributed by atoms with Gasteiger partial charge in [-0.1, -0.05) is 6.07 Å². The Morgan fingerprint density at radius 2 is 2.11 bits per heavy atom. The number of amides is 1. The van der Waals surface area contributed by atoms with Crippen molar-refractivity contribution in [3.05, 3.63) is 53.6 Å². The van der Waals surface area contributed by atoms with Crippen molar-refractivity contribution in [2.24, 2.45) is 0 Å². The highest BCUT2D eigenvalue weighted by atomic mass is 32.2. The highest BCUT2D eigenvalue weighted by molar-refractivity contribution is 7.90. The van der Waals surface area contributed by atoms with Crippen molar-refractivity contribution in [3.8, 4) is 11.5 Å². The van der Waals surface area contributed by atoms with Gasteiger partial charge in [0.05, 0.1) is 11.5 Å². The summed E-state index contributed by atoms with van der Waals surface area (Å²) < 4.78 is 34.8. The molecule has 0 radical (unpaired) electrons. The van der Waals surface area contributed by atoms with E-state index in [0.29, 0.717) is 18.0 Å². The Balaban J connectivity index is 1.78. The molecule has 0 spiro atoms. The number of hydrogen-bond acceptors (Lipinski definition) is 5. The summed E-state index contributed by atoms with van der Waals surface area (Å²) in [4.78, 5) is 12.4. The van der Waals surface area contributed by atoms with E-state index in [0.717, 1.165) is 29.6 Å². The largest absolute Gasteiger partial charge is 0.493 e. The smallest absolute Gasteiger partial charge is 0.248 e. The average Bonchev–Trinajstić information content (AvgIpc) is 2.98. The van der Waals surface area contributed by atoms with Crippen molar-refractivity contribution in [1.29, 1.82) is 0 Å². The van der Waals surface area contributed by atoms with E-state index >= 15 is 0 Å². The molecule has 0 unspecified atom stereocenters. The maximum Gasteiger partial charge on any atom is 0.248 e. The molecule has 1 heterocycles. The zero-order chi connectivity index (χ0) is 20.3. The summed E-state index contributed by atoms with van der Waals surface area (Å²) in [5.74, 6) is 1.13. The maximum absolute atomic E-state index is 12.3. The topological polar surface area (TPSA) is 81.7 Å². The number of carbonyl (C=O) groups excluding carboxylic acids is 1. The lowest BCUT2D eigenvalue weighted by molar-refractivity contribution is -0.111. The Morgan fingerprint density at radius 1 is 1.32 bits per heavy atom. The number of fused-ring (bicyclic) bond motifs is 1. The summed E-state index contributed by atoms with van der Waals surface area (Å²) in [5, 5.41) is 2.67. The second kappa shape index (κ2) is 8.06. The summed E-state index contributed by atoms with van der Waals surface area (Å²) in [7, 11) is -3.34. The van der Waals surface area contributed by atoms with Gasteiger partial charge < -0.3 is 14.8 Å². The summed E-state index contributed by atoms with van der Waals surface area (Å²) in [6.07, 6.45) is 5.12. The highest BCUT2D eigenvalue weighted by Crippen LogP contribution is 2.35. The van der Waals surface area contributed by atoms with Gasteiger partial charge in [0.15, 0.2) is 9.84 Å². The number of carbonyl (C=O) groups is 1. The molecule has 0 saturated heterocycles. The molecule has 0 aromatic heterocycles. The van der Waals surface area contributed by atoms with Crippen LogP contribution in [-0.4, -0.2) is 33.3 Å². The minimum Gasteiger partial charge on any atom is -0.493 e. The van der Waals surface area contributed by atoms with Crippen LogP contribution in [0.4, 0.5) is 5.69 Å². The average molecular weight is 401 g/mol. The Hall–Kier alpha value is -2.80. The molecule has 7 heteroatoms. The lowest BCUT2D eigenvalue weighted by Gasteiger charge is -2.10. The van der Waals surface area contributed by atoms with E-state index in [1.165, 1.54) is 18.2 Å². The number of benzene rings is 2. The van der Waals surface area contributed by atoms with Gasteiger partial charge in [-0.25, -0.2) is 8.42 Å². The van der Waals surface area contributed by atoms with Crippen molar-refractivity contribution in [1.82, 2.24) is 0 Å². The molecule has 0 fully saturated rings. The van der Waals surface area contributed by atoms with Crippen molar-refractivity contribution >= 4 is 27.5 Å². The second-order valence-corrected chi connectivity index (χ2v) is 8.70. The molecule has 1 amide bonds. The number of ether oxygens (including phenoxy) is 2. The molecule has 28 heavy (non-hydrogen) atoms. The number of sulfone groups is 1. The molecule has 148 valence electrons. The number of anilines is 1. The molecule has 1 atom stereocenters. The molecule has 0 bridgehead atoms. The lowest BCUT2D eigenvalue weighted by Crippen LogP contribution is -2.08. The number of hydrogen-bond donors (Lipinski definition) is 1. The van der Waals surface area contributed by atoms with Crippen LogP contribution in [0.1, 0.15) is 25.0 Å². The molecule has 1 N–H and O–H groups in total. The van der Waals surface area contributed by atoms with Crippen molar-refractivity contribution in [2.45, 2.75) is 31.3 Å². The predicted molar refractivity (Wildman–Crippen MR) is 109 cm³/mol. The zero-order valence-electron chi connectivity index (χ0n) is 16.1. The molecule has 2 aromatic rings. The normalized spacial score (nSPS) is 15.9. The third-order valence-electron chi connectivity index (χ3n) is 4.27. The Morgan fingerprint density at radius 3 is 2.82 bits per heavy atom. The monoisotopic (exact) mass is 401 g/mol. The van der Waals surface area contributed by atoms with Crippen LogP contribution < -0.4 is 14.8 Å². The summed E-state index contributed by atoms with van der Waals surface area (Å²) >= 11 is 0. The number of rotatable bonds is 6. The van der Waals surface area contributed by atoms with Crippen molar-refractivity contribution < 1.29 is 22.7 Å². The molecule has 0 aliphatic carbocycles. The predicted octanol–water partition coefficient (Wildman–Crippen LogP) is 3.46. The fraction of sp³-hybridized carbons (Fsp3) is 0.286. The molecule has 3 rings (SSSR count). The Kier molecular flexibility index (Phi) is 5.74. The molecular weight excluding hydrogens is 378 g/mol. The first-order valence-electron chi connectivity index (χ1n) is 9.02. The van der Waals surface area contributed by atoms with Gasteiger partial charge in [-0.15, -0.1) is 0 Å². The van der Waals surface area contributed by atoms with Gasteiger partial charge in [0.2, 0.25) is 5.91 Å². The van der Waals surface area contributed by atoms with E-state index in [-0.39, 0.29) is 16.9 Å². The molecular formula is C21H23NO5S. The van der Waals surface area contributed by atoms with E-state index in [4.69, 9.17) is 9.47 Å². The third kappa shape index (κ3) is 4.72. The second-order valence-electron chi connectivity index (χ2n) is 6.69. The van der Waals surface area contributed by atoms with Crippen molar-refractivity contribution in [3.63, 3.8) is 0 Å². The molecule has 1 aliphatic heterocycles. The molecule has 0 saturated carbocycles. The van der Waals surface area contributed by atoms with Crippen LogP contribution in [0.5, 0.6) is 11.5 Å². The summed E-state index contributed by atoms with van der Waals surface area (Å²) in [6, 6.07) is 9.96. The lowest BCUT2D eigenvalue weighted by atomic mass is 10.1. The van der Waals surface area contributed by atoms with Crippen LogP contribution in [0.15, 0.2) is 47.4 Å². The minimum atomic E-state index is -3.34. The van der Waals surface area contributed by atoms with Gasteiger partial charge in [0, 0.05) is 35.6 Å². The van der Waals surface area contributed by atoms with Crippen LogP contribution in [0.2, 0.25) is 0 Å². The van der Waals surface area contributed by atoms with Gasteiger partial charge in [-0.2, -0.15) is 0 Å². The minimum absolute atomic E-state index is 0.120. The van der Waals surface area contributed by atoms with Gasteiger partial charge in [-0.3, -0.25) is 4.79 Å².